The number of nitrogens with zero attached hydrogens (tertiary/aromatic N) is 1. The largest absolute Gasteiger partial charge is 0.493 e. The number of nitriles is 1. The molecular weight excluding hydrogens is 222 g/mol. The summed E-state index contributed by atoms with van der Waals surface area (Å²) in [6.45, 7) is -0.0386. The molecule has 5 heteroatoms. The van der Waals surface area contributed by atoms with Gasteiger partial charge in [-0.1, -0.05) is 12.1 Å². The van der Waals surface area contributed by atoms with Crippen molar-refractivity contribution in [1.82, 2.24) is 0 Å². The van der Waals surface area contributed by atoms with E-state index >= 15 is 0 Å². The molecule has 1 unspecified atom stereocenters. The predicted octanol–water partition coefficient (Wildman–Crippen LogP) is 1.28. The van der Waals surface area contributed by atoms with E-state index in [9.17, 15) is 0 Å². The minimum absolute atomic E-state index is 0.0958. The van der Waals surface area contributed by atoms with Crippen molar-refractivity contribution in [3.63, 3.8) is 0 Å². The average molecular weight is 237 g/mol. The quantitative estimate of drug-likeness (QED) is 0.806. The molecule has 0 spiro atoms. The highest BCUT2D eigenvalue weighted by molar-refractivity contribution is 5.48. The normalized spacial score (nSPS) is 11.6. The topological polar surface area (TPSA) is 71.7 Å². The molecule has 0 radical (unpaired) electrons. The molecule has 0 aromatic heterocycles. The van der Waals surface area contributed by atoms with E-state index in [-0.39, 0.29) is 13.2 Å². The van der Waals surface area contributed by atoms with E-state index in [0.29, 0.717) is 17.1 Å². The monoisotopic (exact) mass is 237 g/mol. The fourth-order valence-corrected chi connectivity index (χ4v) is 1.49. The highest BCUT2D eigenvalue weighted by Crippen LogP contribution is 2.35. The van der Waals surface area contributed by atoms with Crippen molar-refractivity contribution < 1.29 is 19.3 Å². The lowest BCUT2D eigenvalue weighted by molar-refractivity contribution is 0.0567. The molecule has 5 nitrogen and oxygen atoms in total. The molecule has 1 aromatic rings. The second-order valence-electron chi connectivity index (χ2n) is 3.19. The molecule has 0 aliphatic heterocycles. The SMILES string of the molecule is COc1cccc(C(C#N)OCCO)c1OC. The van der Waals surface area contributed by atoms with Crippen molar-refractivity contribution in [1.29, 1.82) is 5.26 Å². The van der Waals surface area contributed by atoms with Crippen molar-refractivity contribution in [3.8, 4) is 17.6 Å². The molecule has 1 aromatic carbocycles. The lowest BCUT2D eigenvalue weighted by atomic mass is 10.1. The molecule has 0 heterocycles. The van der Waals surface area contributed by atoms with Gasteiger partial charge in [-0.15, -0.1) is 0 Å². The third-order valence-electron chi connectivity index (χ3n) is 2.21. The molecule has 1 N–H and O–H groups in total. The maximum absolute atomic E-state index is 9.04. The van der Waals surface area contributed by atoms with Crippen LogP contribution in [-0.4, -0.2) is 32.5 Å². The Morgan fingerprint density at radius 3 is 2.65 bits per heavy atom. The van der Waals surface area contributed by atoms with Crippen molar-refractivity contribution >= 4 is 0 Å². The van der Waals surface area contributed by atoms with Crippen LogP contribution in [0, 0.1) is 11.3 Å². The summed E-state index contributed by atoms with van der Waals surface area (Å²) < 4.78 is 15.6. The first-order valence-electron chi connectivity index (χ1n) is 5.11. The summed E-state index contributed by atoms with van der Waals surface area (Å²) in [7, 11) is 3.03. The molecule has 0 bridgehead atoms. The lowest BCUT2D eigenvalue weighted by Gasteiger charge is -2.16. The molecule has 0 saturated heterocycles. The number of hydrogen-bond donors (Lipinski definition) is 1. The van der Waals surface area contributed by atoms with Gasteiger partial charge in [0.05, 0.1) is 33.5 Å². The molecule has 17 heavy (non-hydrogen) atoms. The van der Waals surface area contributed by atoms with Crippen LogP contribution < -0.4 is 9.47 Å². The van der Waals surface area contributed by atoms with Crippen LogP contribution in [-0.2, 0) is 4.74 Å². The highest BCUT2D eigenvalue weighted by atomic mass is 16.5. The maximum atomic E-state index is 9.04. The van der Waals surface area contributed by atoms with Crippen molar-refractivity contribution in [2.75, 3.05) is 27.4 Å². The van der Waals surface area contributed by atoms with Gasteiger partial charge in [0.15, 0.2) is 17.6 Å². The van der Waals surface area contributed by atoms with Crippen LogP contribution in [0.15, 0.2) is 18.2 Å². The Bertz CT molecular complexity index is 400. The van der Waals surface area contributed by atoms with Gasteiger partial charge in [-0.2, -0.15) is 5.26 Å². The Balaban J connectivity index is 3.06. The van der Waals surface area contributed by atoms with Crippen LogP contribution in [0.1, 0.15) is 11.7 Å². The van der Waals surface area contributed by atoms with Gasteiger partial charge >= 0.3 is 0 Å². The standard InChI is InChI=1S/C12H15NO4/c1-15-10-5-3-4-9(12(10)16-2)11(8-13)17-7-6-14/h3-5,11,14H,6-7H2,1-2H3. The highest BCUT2D eigenvalue weighted by Gasteiger charge is 2.19. The Morgan fingerprint density at radius 1 is 1.35 bits per heavy atom. The molecule has 92 valence electrons. The summed E-state index contributed by atoms with van der Waals surface area (Å²) in [4.78, 5) is 0. The number of benzene rings is 1. The molecule has 0 fully saturated rings. The molecular formula is C12H15NO4. The number of rotatable bonds is 6. The van der Waals surface area contributed by atoms with Crippen LogP contribution in [0.25, 0.3) is 0 Å². The van der Waals surface area contributed by atoms with E-state index in [1.165, 1.54) is 14.2 Å². The Labute approximate surface area is 100 Å². The van der Waals surface area contributed by atoms with Crippen LogP contribution in [0.4, 0.5) is 0 Å². The number of aliphatic hydroxyl groups excluding tert-OH is 1. The number of methoxy groups -OCH3 is 2. The number of aliphatic hydroxyl groups is 1. The molecule has 0 aliphatic carbocycles. The minimum atomic E-state index is -0.785. The van der Waals surface area contributed by atoms with Gasteiger partial charge < -0.3 is 19.3 Å². The van der Waals surface area contributed by atoms with E-state index < -0.39 is 6.10 Å². The van der Waals surface area contributed by atoms with E-state index in [1.807, 2.05) is 6.07 Å². The predicted molar refractivity (Wildman–Crippen MR) is 60.9 cm³/mol. The fraction of sp³-hybridized carbons (Fsp3) is 0.417. The average Bonchev–Trinajstić information content (AvgIpc) is 2.39. The molecule has 1 atom stereocenters. The van der Waals surface area contributed by atoms with Gasteiger partial charge in [-0.05, 0) is 6.07 Å². The minimum Gasteiger partial charge on any atom is -0.493 e. The van der Waals surface area contributed by atoms with Gasteiger partial charge in [0.2, 0.25) is 0 Å². The van der Waals surface area contributed by atoms with Crippen molar-refractivity contribution in [2.24, 2.45) is 0 Å². The molecule has 1 rings (SSSR count). The summed E-state index contributed by atoms with van der Waals surface area (Å²) >= 11 is 0. The van der Waals surface area contributed by atoms with Crippen LogP contribution in [0.2, 0.25) is 0 Å². The summed E-state index contributed by atoms with van der Waals surface area (Å²) in [5, 5.41) is 17.7. The van der Waals surface area contributed by atoms with Crippen LogP contribution in [0.3, 0.4) is 0 Å². The van der Waals surface area contributed by atoms with Crippen molar-refractivity contribution in [2.45, 2.75) is 6.10 Å². The smallest absolute Gasteiger partial charge is 0.172 e. The first kappa shape index (κ1) is 13.3. The molecule has 0 saturated carbocycles. The maximum Gasteiger partial charge on any atom is 0.172 e. The Kier molecular flexibility index (Phi) is 5.27. The summed E-state index contributed by atoms with van der Waals surface area (Å²) in [6.07, 6.45) is -0.785. The summed E-state index contributed by atoms with van der Waals surface area (Å²) in [5.41, 5.74) is 0.586. The van der Waals surface area contributed by atoms with Gasteiger partial charge in [0, 0.05) is 5.56 Å². The van der Waals surface area contributed by atoms with Gasteiger partial charge in [-0.25, -0.2) is 0 Å². The zero-order valence-corrected chi connectivity index (χ0v) is 9.84. The molecule has 0 aliphatic rings. The van der Waals surface area contributed by atoms with E-state index in [0.717, 1.165) is 0 Å². The third-order valence-corrected chi connectivity index (χ3v) is 2.21. The van der Waals surface area contributed by atoms with Crippen LogP contribution in [0.5, 0.6) is 11.5 Å². The molecule has 0 amide bonds. The fourth-order valence-electron chi connectivity index (χ4n) is 1.49. The second kappa shape index (κ2) is 6.74. The Morgan fingerprint density at radius 2 is 2.12 bits per heavy atom. The van der Waals surface area contributed by atoms with Gasteiger partial charge in [-0.3, -0.25) is 0 Å². The summed E-state index contributed by atoms with van der Waals surface area (Å²) in [5.74, 6) is 1.01. The number of para-hydroxylation sites is 1. The van der Waals surface area contributed by atoms with Gasteiger partial charge in [0.1, 0.15) is 0 Å². The van der Waals surface area contributed by atoms with Crippen molar-refractivity contribution in [3.05, 3.63) is 23.8 Å². The zero-order valence-electron chi connectivity index (χ0n) is 9.84. The van der Waals surface area contributed by atoms with E-state index in [4.69, 9.17) is 24.6 Å². The zero-order chi connectivity index (χ0) is 12.7. The third kappa shape index (κ3) is 3.09. The summed E-state index contributed by atoms with van der Waals surface area (Å²) in [6, 6.07) is 7.23. The number of hydrogen-bond acceptors (Lipinski definition) is 5. The van der Waals surface area contributed by atoms with Crippen LogP contribution >= 0.6 is 0 Å². The van der Waals surface area contributed by atoms with E-state index in [1.54, 1.807) is 18.2 Å². The first-order valence-corrected chi connectivity index (χ1v) is 5.11. The second-order valence-corrected chi connectivity index (χ2v) is 3.19. The Hall–Kier alpha value is -1.77. The van der Waals surface area contributed by atoms with E-state index in [2.05, 4.69) is 0 Å². The van der Waals surface area contributed by atoms with Gasteiger partial charge in [0.25, 0.3) is 0 Å². The lowest BCUT2D eigenvalue weighted by Crippen LogP contribution is -2.08. The number of ether oxygens (including phenoxy) is 3. The first-order chi connectivity index (χ1) is 8.28.